The maximum absolute atomic E-state index is 12.9. The molecule has 2 fully saturated rings. The van der Waals surface area contributed by atoms with E-state index in [9.17, 15) is 4.79 Å². The maximum atomic E-state index is 12.9. The third-order valence-electron chi connectivity index (χ3n) is 5.18. The highest BCUT2D eigenvalue weighted by molar-refractivity contribution is 5.98. The first kappa shape index (κ1) is 18.8. The quantitative estimate of drug-likeness (QED) is 0.829. The topological polar surface area (TPSA) is 69.3 Å². The molecule has 2 aliphatic rings. The van der Waals surface area contributed by atoms with Gasteiger partial charge in [-0.25, -0.2) is 0 Å². The van der Waals surface area contributed by atoms with Crippen molar-refractivity contribution in [2.75, 3.05) is 47.6 Å². The number of carbonyl (C=O) groups excluding carboxylic acids is 1. The summed E-state index contributed by atoms with van der Waals surface area (Å²) < 4.78 is 21.7. The third kappa shape index (κ3) is 3.73. The van der Waals surface area contributed by atoms with Gasteiger partial charge in [-0.2, -0.15) is 0 Å². The number of hydrogen-bond acceptors (Lipinski definition) is 6. The number of ether oxygens (including phenoxy) is 4. The first-order valence-corrected chi connectivity index (χ1v) is 9.11. The summed E-state index contributed by atoms with van der Waals surface area (Å²) in [6.07, 6.45) is 3.70. The van der Waals surface area contributed by atoms with Gasteiger partial charge in [-0.15, -0.1) is 0 Å². The zero-order valence-electron chi connectivity index (χ0n) is 15.7. The van der Waals surface area contributed by atoms with Crippen molar-refractivity contribution < 1.29 is 23.7 Å². The van der Waals surface area contributed by atoms with Crippen LogP contribution in [0.5, 0.6) is 17.2 Å². The highest BCUT2D eigenvalue weighted by Gasteiger charge is 2.35. The van der Waals surface area contributed by atoms with E-state index in [0.717, 1.165) is 13.1 Å². The summed E-state index contributed by atoms with van der Waals surface area (Å²) in [6.45, 7) is 3.33. The van der Waals surface area contributed by atoms with Gasteiger partial charge in [0.15, 0.2) is 11.5 Å². The standard InChI is InChI=1S/C19H28N2O5/c1-23-16-8-7-13(17(24-2)18(16)25-3)19(22)20-14-11-26-12-15(14)21-9-5-4-6-10-21/h7-8,14-15H,4-6,9-12H2,1-3H3,(H,20,22)/t14-,15-/m0/s1. The molecule has 0 bridgehead atoms. The van der Waals surface area contributed by atoms with E-state index >= 15 is 0 Å². The fourth-order valence-corrected chi connectivity index (χ4v) is 3.82. The summed E-state index contributed by atoms with van der Waals surface area (Å²) in [5.41, 5.74) is 0.425. The average molecular weight is 364 g/mol. The van der Waals surface area contributed by atoms with Gasteiger partial charge in [0.05, 0.1) is 52.2 Å². The Morgan fingerprint density at radius 3 is 2.42 bits per heavy atom. The highest BCUT2D eigenvalue weighted by Crippen LogP contribution is 2.39. The van der Waals surface area contributed by atoms with Crippen molar-refractivity contribution in [1.82, 2.24) is 10.2 Å². The zero-order chi connectivity index (χ0) is 18.5. The number of hydrogen-bond donors (Lipinski definition) is 1. The van der Waals surface area contributed by atoms with Gasteiger partial charge in [0.1, 0.15) is 0 Å². The van der Waals surface area contributed by atoms with E-state index in [-0.39, 0.29) is 18.0 Å². The lowest BCUT2D eigenvalue weighted by Gasteiger charge is -2.34. The van der Waals surface area contributed by atoms with Crippen LogP contribution in [0.1, 0.15) is 29.6 Å². The van der Waals surface area contributed by atoms with Gasteiger partial charge in [-0.05, 0) is 38.1 Å². The number of methoxy groups -OCH3 is 3. The number of benzene rings is 1. The molecule has 2 saturated heterocycles. The minimum Gasteiger partial charge on any atom is -0.493 e. The Kier molecular flexibility index (Phi) is 6.21. The van der Waals surface area contributed by atoms with Crippen molar-refractivity contribution in [3.05, 3.63) is 17.7 Å². The van der Waals surface area contributed by atoms with Gasteiger partial charge >= 0.3 is 0 Å². The van der Waals surface area contributed by atoms with Crippen LogP contribution >= 0.6 is 0 Å². The monoisotopic (exact) mass is 364 g/mol. The zero-order valence-corrected chi connectivity index (χ0v) is 15.7. The Labute approximate surface area is 154 Å². The SMILES string of the molecule is COc1ccc(C(=O)N[C@H]2COC[C@@H]2N2CCCCC2)c(OC)c1OC. The first-order chi connectivity index (χ1) is 12.7. The van der Waals surface area contributed by atoms with Crippen LogP contribution in [0.4, 0.5) is 0 Å². The van der Waals surface area contributed by atoms with Crippen molar-refractivity contribution in [3.63, 3.8) is 0 Å². The summed E-state index contributed by atoms with van der Waals surface area (Å²) in [5, 5.41) is 3.12. The Balaban J connectivity index is 1.77. The fourth-order valence-electron chi connectivity index (χ4n) is 3.82. The molecular weight excluding hydrogens is 336 g/mol. The molecule has 2 aliphatic heterocycles. The number of rotatable bonds is 6. The minimum atomic E-state index is -0.194. The Bertz CT molecular complexity index is 631. The van der Waals surface area contributed by atoms with Crippen molar-refractivity contribution in [2.45, 2.75) is 31.3 Å². The molecule has 26 heavy (non-hydrogen) atoms. The lowest BCUT2D eigenvalue weighted by Crippen LogP contribution is -2.52. The number of amides is 1. The van der Waals surface area contributed by atoms with Crippen molar-refractivity contribution >= 4 is 5.91 Å². The van der Waals surface area contributed by atoms with Gasteiger partial charge in [0, 0.05) is 0 Å². The molecule has 7 heteroatoms. The molecule has 0 aromatic heterocycles. The minimum absolute atomic E-state index is 0.0293. The van der Waals surface area contributed by atoms with Crippen LogP contribution in [0.25, 0.3) is 0 Å². The lowest BCUT2D eigenvalue weighted by molar-refractivity contribution is 0.0896. The van der Waals surface area contributed by atoms with Crippen LogP contribution in [0.2, 0.25) is 0 Å². The molecule has 1 aromatic rings. The largest absolute Gasteiger partial charge is 0.493 e. The third-order valence-corrected chi connectivity index (χ3v) is 5.18. The van der Waals surface area contributed by atoms with Gasteiger partial charge in [-0.3, -0.25) is 9.69 Å². The van der Waals surface area contributed by atoms with Gasteiger partial charge < -0.3 is 24.3 Å². The molecule has 0 spiro atoms. The number of nitrogens with one attached hydrogen (secondary N) is 1. The van der Waals surface area contributed by atoms with E-state index in [1.807, 2.05) is 0 Å². The predicted octanol–water partition coefficient (Wildman–Crippen LogP) is 1.70. The molecule has 1 amide bonds. The molecule has 0 saturated carbocycles. The number of piperidine rings is 1. The van der Waals surface area contributed by atoms with E-state index in [0.29, 0.717) is 36.0 Å². The number of likely N-dealkylation sites (tertiary alicyclic amines) is 1. The van der Waals surface area contributed by atoms with Crippen molar-refractivity contribution in [1.29, 1.82) is 0 Å². The molecule has 7 nitrogen and oxygen atoms in total. The maximum Gasteiger partial charge on any atom is 0.255 e. The Morgan fingerprint density at radius 2 is 1.77 bits per heavy atom. The summed E-state index contributed by atoms with van der Waals surface area (Å²) in [4.78, 5) is 15.4. The summed E-state index contributed by atoms with van der Waals surface area (Å²) in [6, 6.07) is 3.61. The molecule has 1 aromatic carbocycles. The first-order valence-electron chi connectivity index (χ1n) is 9.11. The number of nitrogens with zero attached hydrogens (tertiary/aromatic N) is 1. The van der Waals surface area contributed by atoms with E-state index in [1.54, 1.807) is 19.2 Å². The van der Waals surface area contributed by atoms with Crippen LogP contribution in [0.15, 0.2) is 12.1 Å². The Hall–Kier alpha value is -1.99. The molecule has 1 N–H and O–H groups in total. The average Bonchev–Trinajstić information content (AvgIpc) is 3.15. The van der Waals surface area contributed by atoms with Gasteiger partial charge in [-0.1, -0.05) is 6.42 Å². The van der Waals surface area contributed by atoms with Crippen LogP contribution in [-0.4, -0.2) is 70.5 Å². The van der Waals surface area contributed by atoms with E-state index in [1.165, 1.54) is 33.5 Å². The number of carbonyl (C=O) groups is 1. The normalized spacial score (nSPS) is 23.5. The van der Waals surface area contributed by atoms with Gasteiger partial charge in [0.2, 0.25) is 5.75 Å². The molecule has 0 unspecified atom stereocenters. The molecule has 0 radical (unpaired) electrons. The van der Waals surface area contributed by atoms with Crippen LogP contribution < -0.4 is 19.5 Å². The second-order valence-electron chi connectivity index (χ2n) is 6.66. The van der Waals surface area contributed by atoms with Crippen LogP contribution in [-0.2, 0) is 4.74 Å². The van der Waals surface area contributed by atoms with E-state index in [2.05, 4.69) is 10.2 Å². The fraction of sp³-hybridized carbons (Fsp3) is 0.632. The molecule has 0 aliphatic carbocycles. The highest BCUT2D eigenvalue weighted by atomic mass is 16.5. The predicted molar refractivity (Wildman–Crippen MR) is 97.4 cm³/mol. The van der Waals surface area contributed by atoms with Crippen LogP contribution in [0.3, 0.4) is 0 Å². The molecular formula is C19H28N2O5. The molecule has 2 atom stereocenters. The summed E-state index contributed by atoms with van der Waals surface area (Å²) >= 11 is 0. The smallest absolute Gasteiger partial charge is 0.255 e. The van der Waals surface area contributed by atoms with E-state index in [4.69, 9.17) is 18.9 Å². The van der Waals surface area contributed by atoms with Crippen LogP contribution in [0, 0.1) is 0 Å². The molecule has 2 heterocycles. The van der Waals surface area contributed by atoms with E-state index < -0.39 is 0 Å². The Morgan fingerprint density at radius 1 is 1.04 bits per heavy atom. The second kappa shape index (κ2) is 8.60. The molecule has 144 valence electrons. The van der Waals surface area contributed by atoms with Crippen molar-refractivity contribution in [2.24, 2.45) is 0 Å². The molecule has 3 rings (SSSR count). The summed E-state index contributed by atoms with van der Waals surface area (Å²) in [5.74, 6) is 1.12. The van der Waals surface area contributed by atoms with Gasteiger partial charge in [0.25, 0.3) is 5.91 Å². The lowest BCUT2D eigenvalue weighted by atomic mass is 10.0. The summed E-state index contributed by atoms with van der Waals surface area (Å²) in [7, 11) is 4.60. The van der Waals surface area contributed by atoms with Crippen molar-refractivity contribution in [3.8, 4) is 17.2 Å². The second-order valence-corrected chi connectivity index (χ2v) is 6.66.